The lowest BCUT2D eigenvalue weighted by Gasteiger charge is -2.16. The predicted molar refractivity (Wildman–Crippen MR) is 80.2 cm³/mol. The number of benzene rings is 1. The molecule has 1 amide bonds. The van der Waals surface area contributed by atoms with Crippen LogP contribution in [0.4, 0.5) is 5.69 Å². The van der Waals surface area contributed by atoms with Crippen LogP contribution in [0.25, 0.3) is 0 Å². The van der Waals surface area contributed by atoms with Crippen molar-refractivity contribution >= 4 is 23.2 Å². The number of aromatic nitrogens is 1. The average Bonchev–Trinajstić information content (AvgIpc) is 2.89. The van der Waals surface area contributed by atoms with Crippen molar-refractivity contribution in [2.24, 2.45) is 5.92 Å². The Balaban J connectivity index is 1.72. The van der Waals surface area contributed by atoms with E-state index >= 15 is 0 Å². The third-order valence-corrected chi connectivity index (χ3v) is 4.02. The first-order valence-corrected chi connectivity index (χ1v) is 7.31. The van der Waals surface area contributed by atoms with Crippen LogP contribution in [0.2, 0.25) is 5.02 Å². The van der Waals surface area contributed by atoms with Crippen LogP contribution in [-0.2, 0) is 12.8 Å². The molecule has 0 saturated carbocycles. The molecule has 1 unspecified atom stereocenters. The fourth-order valence-electron chi connectivity index (χ4n) is 2.50. The largest absolute Gasteiger partial charge is 0.350 e. The summed E-state index contributed by atoms with van der Waals surface area (Å²) in [7, 11) is 0. The number of rotatable bonds is 3. The molecule has 0 fully saturated rings. The van der Waals surface area contributed by atoms with E-state index in [4.69, 9.17) is 16.1 Å². The average molecular weight is 306 g/mol. The van der Waals surface area contributed by atoms with Crippen LogP contribution in [0.15, 0.2) is 28.8 Å². The van der Waals surface area contributed by atoms with E-state index in [1.807, 2.05) is 12.1 Å². The molecule has 110 valence electrons. The molecule has 6 heteroatoms. The number of anilines is 1. The van der Waals surface area contributed by atoms with Gasteiger partial charge in [0.1, 0.15) is 0 Å². The van der Waals surface area contributed by atoms with Crippen LogP contribution < -0.4 is 10.9 Å². The summed E-state index contributed by atoms with van der Waals surface area (Å²) in [6, 6.07) is 7.18. The Morgan fingerprint density at radius 1 is 1.43 bits per heavy atom. The van der Waals surface area contributed by atoms with Crippen LogP contribution in [0.1, 0.15) is 35.2 Å². The van der Waals surface area contributed by atoms with Crippen molar-refractivity contribution < 1.29 is 9.32 Å². The van der Waals surface area contributed by atoms with Crippen molar-refractivity contribution in [3.63, 3.8) is 0 Å². The third kappa shape index (κ3) is 2.88. The zero-order valence-electron chi connectivity index (χ0n) is 11.6. The highest BCUT2D eigenvalue weighted by Gasteiger charge is 2.27. The highest BCUT2D eigenvalue weighted by Crippen LogP contribution is 2.27. The van der Waals surface area contributed by atoms with E-state index in [1.54, 1.807) is 12.1 Å². The summed E-state index contributed by atoms with van der Waals surface area (Å²) >= 11 is 6.02. The van der Waals surface area contributed by atoms with Gasteiger partial charge in [0, 0.05) is 5.56 Å². The number of halogens is 1. The van der Waals surface area contributed by atoms with Gasteiger partial charge in [-0.05, 0) is 37.3 Å². The van der Waals surface area contributed by atoms with Crippen LogP contribution in [0.3, 0.4) is 0 Å². The molecule has 1 aromatic heterocycles. The molecule has 1 atom stereocenters. The summed E-state index contributed by atoms with van der Waals surface area (Å²) in [5.74, 6) is 0.494. The lowest BCUT2D eigenvalue weighted by atomic mass is 9.88. The molecular formula is C15H16ClN3O2. The lowest BCUT2D eigenvalue weighted by Crippen LogP contribution is -2.30. The maximum absolute atomic E-state index is 12.2. The van der Waals surface area contributed by atoms with Crippen LogP contribution in [0, 0.1) is 5.92 Å². The third-order valence-electron chi connectivity index (χ3n) is 3.69. The van der Waals surface area contributed by atoms with E-state index < -0.39 is 0 Å². The van der Waals surface area contributed by atoms with Crippen LogP contribution >= 0.6 is 11.6 Å². The Labute approximate surface area is 127 Å². The highest BCUT2D eigenvalue weighted by molar-refractivity contribution is 6.33. The first kappa shape index (κ1) is 13.9. The Morgan fingerprint density at radius 3 is 3.05 bits per heavy atom. The minimum atomic E-state index is -0.335. The van der Waals surface area contributed by atoms with Crippen molar-refractivity contribution in [3.8, 4) is 0 Å². The van der Waals surface area contributed by atoms with Gasteiger partial charge in [0.25, 0.3) is 0 Å². The van der Waals surface area contributed by atoms with Gasteiger partial charge in [0.2, 0.25) is 5.76 Å². The Kier molecular flexibility index (Phi) is 3.84. The number of hydrogen-bond donors (Lipinski definition) is 2. The topological polar surface area (TPSA) is 67.2 Å². The molecule has 1 aliphatic rings. The standard InChI is InChI=1S/C15H16ClN3O2/c1-9-6-7-12-10(8-9)14(21-19-12)15(20)18-17-13-5-3-2-4-11(13)16/h2-5,9,17H,6-8H2,1H3,(H,18,20). The number of para-hydroxylation sites is 1. The van der Waals surface area contributed by atoms with E-state index in [9.17, 15) is 4.79 Å². The Bertz CT molecular complexity index is 669. The molecule has 1 heterocycles. The second-order valence-corrected chi connectivity index (χ2v) is 5.75. The van der Waals surface area contributed by atoms with Gasteiger partial charge in [-0.2, -0.15) is 0 Å². The summed E-state index contributed by atoms with van der Waals surface area (Å²) in [6.07, 6.45) is 2.78. The molecule has 2 N–H and O–H groups in total. The van der Waals surface area contributed by atoms with E-state index in [1.165, 1.54) is 0 Å². The molecule has 21 heavy (non-hydrogen) atoms. The smallest absolute Gasteiger partial charge is 0.308 e. The van der Waals surface area contributed by atoms with Gasteiger partial charge in [-0.3, -0.25) is 15.6 Å². The van der Waals surface area contributed by atoms with Crippen molar-refractivity contribution in [2.75, 3.05) is 5.43 Å². The molecule has 0 bridgehead atoms. The molecule has 0 spiro atoms. The summed E-state index contributed by atoms with van der Waals surface area (Å²) in [4.78, 5) is 12.2. The highest BCUT2D eigenvalue weighted by atomic mass is 35.5. The van der Waals surface area contributed by atoms with E-state index in [0.29, 0.717) is 16.6 Å². The van der Waals surface area contributed by atoms with Gasteiger partial charge in [-0.25, -0.2) is 0 Å². The number of amides is 1. The summed E-state index contributed by atoms with van der Waals surface area (Å²) < 4.78 is 5.21. The maximum atomic E-state index is 12.2. The molecule has 1 aliphatic carbocycles. The van der Waals surface area contributed by atoms with Crippen LogP contribution in [-0.4, -0.2) is 11.1 Å². The SMILES string of the molecule is CC1CCc2noc(C(=O)NNc3ccccc3Cl)c2C1. The number of nitrogens with one attached hydrogen (secondary N) is 2. The van der Waals surface area contributed by atoms with Crippen molar-refractivity contribution in [1.29, 1.82) is 0 Å². The Hall–Kier alpha value is -2.01. The van der Waals surface area contributed by atoms with Crippen molar-refractivity contribution in [3.05, 3.63) is 46.3 Å². The number of nitrogens with zero attached hydrogens (tertiary/aromatic N) is 1. The molecule has 3 rings (SSSR count). The second-order valence-electron chi connectivity index (χ2n) is 5.34. The lowest BCUT2D eigenvalue weighted by molar-refractivity contribution is 0.0924. The minimum Gasteiger partial charge on any atom is -0.350 e. The van der Waals surface area contributed by atoms with Gasteiger partial charge in [0.15, 0.2) is 0 Å². The van der Waals surface area contributed by atoms with E-state index in [-0.39, 0.29) is 11.7 Å². The fraction of sp³-hybridized carbons (Fsp3) is 0.333. The molecule has 1 aromatic carbocycles. The zero-order valence-corrected chi connectivity index (χ0v) is 12.4. The first-order valence-electron chi connectivity index (χ1n) is 6.93. The number of carbonyl (C=O) groups excluding carboxylic acids is 1. The number of fused-ring (bicyclic) bond motifs is 1. The molecule has 0 aliphatic heterocycles. The van der Waals surface area contributed by atoms with Gasteiger partial charge in [-0.15, -0.1) is 0 Å². The van der Waals surface area contributed by atoms with E-state index in [2.05, 4.69) is 22.9 Å². The monoisotopic (exact) mass is 305 g/mol. The summed E-state index contributed by atoms with van der Waals surface area (Å²) in [5, 5.41) is 4.53. The zero-order chi connectivity index (χ0) is 14.8. The fourth-order valence-corrected chi connectivity index (χ4v) is 2.69. The minimum absolute atomic E-state index is 0.288. The van der Waals surface area contributed by atoms with Gasteiger partial charge < -0.3 is 4.52 Å². The van der Waals surface area contributed by atoms with Gasteiger partial charge in [-0.1, -0.05) is 35.8 Å². The number of hydrazine groups is 1. The number of hydrogen-bond acceptors (Lipinski definition) is 4. The Morgan fingerprint density at radius 2 is 2.24 bits per heavy atom. The number of carbonyl (C=O) groups is 1. The second kappa shape index (κ2) is 5.77. The summed E-state index contributed by atoms with van der Waals surface area (Å²) in [6.45, 7) is 2.17. The molecule has 5 nitrogen and oxygen atoms in total. The first-order chi connectivity index (χ1) is 10.1. The van der Waals surface area contributed by atoms with Gasteiger partial charge in [0.05, 0.1) is 16.4 Å². The van der Waals surface area contributed by atoms with Crippen molar-refractivity contribution in [1.82, 2.24) is 10.6 Å². The maximum Gasteiger partial charge on any atom is 0.308 e. The molecule has 0 saturated heterocycles. The summed E-state index contributed by atoms with van der Waals surface area (Å²) in [5.41, 5.74) is 7.86. The molecule has 0 radical (unpaired) electrons. The predicted octanol–water partition coefficient (Wildman–Crippen LogP) is 3.21. The normalized spacial score (nSPS) is 17.1. The number of aryl methyl sites for hydroxylation is 1. The molecular weight excluding hydrogens is 290 g/mol. The molecule has 2 aromatic rings. The van der Waals surface area contributed by atoms with Crippen molar-refractivity contribution in [2.45, 2.75) is 26.2 Å². The van der Waals surface area contributed by atoms with Crippen LogP contribution in [0.5, 0.6) is 0 Å². The van der Waals surface area contributed by atoms with Gasteiger partial charge >= 0.3 is 5.91 Å². The quantitative estimate of drug-likeness (QED) is 0.855. The van der Waals surface area contributed by atoms with E-state index in [0.717, 1.165) is 30.5 Å².